The fraction of sp³-hybridized carbons (Fsp3) is 0.632. The first kappa shape index (κ1) is 19.1. The number of carbonyl (C=O) groups is 2. The molecule has 2 aliphatic rings. The van der Waals surface area contributed by atoms with Crippen LogP contribution in [0.15, 0.2) is 18.3 Å². The topological polar surface area (TPSA) is 74.3 Å². The Bertz CT molecular complexity index is 616. The highest BCUT2D eigenvalue weighted by molar-refractivity contribution is 6.30. The SMILES string of the molecule is O=C(CCN1CCCC(C(=O)Nc2ccc(Cl)cn2)C1)NC1CCCC1. The Kier molecular flexibility index (Phi) is 6.86. The number of amides is 2. The van der Waals surface area contributed by atoms with Crippen LogP contribution in [0.2, 0.25) is 5.02 Å². The molecule has 0 bridgehead atoms. The first-order valence-electron chi connectivity index (χ1n) is 9.54. The van der Waals surface area contributed by atoms with Crippen LogP contribution in [0.25, 0.3) is 0 Å². The Morgan fingerprint density at radius 3 is 2.73 bits per heavy atom. The Balaban J connectivity index is 1.42. The number of nitrogens with zero attached hydrogens (tertiary/aromatic N) is 2. The van der Waals surface area contributed by atoms with E-state index < -0.39 is 0 Å². The van der Waals surface area contributed by atoms with Crippen LogP contribution in [-0.2, 0) is 9.59 Å². The van der Waals surface area contributed by atoms with Gasteiger partial charge in [0.05, 0.1) is 10.9 Å². The van der Waals surface area contributed by atoms with E-state index in [2.05, 4.69) is 20.5 Å². The third-order valence-electron chi connectivity index (χ3n) is 5.23. The summed E-state index contributed by atoms with van der Waals surface area (Å²) in [6, 6.07) is 3.78. The van der Waals surface area contributed by atoms with Crippen LogP contribution < -0.4 is 10.6 Å². The first-order chi connectivity index (χ1) is 12.6. The molecule has 1 unspecified atom stereocenters. The second kappa shape index (κ2) is 9.33. The summed E-state index contributed by atoms with van der Waals surface area (Å²) in [5.41, 5.74) is 0. The van der Waals surface area contributed by atoms with Gasteiger partial charge in [-0.15, -0.1) is 0 Å². The van der Waals surface area contributed by atoms with E-state index in [0.717, 1.165) is 32.2 Å². The monoisotopic (exact) mass is 378 g/mol. The van der Waals surface area contributed by atoms with Crippen molar-refractivity contribution < 1.29 is 9.59 Å². The summed E-state index contributed by atoms with van der Waals surface area (Å²) in [6.45, 7) is 2.34. The summed E-state index contributed by atoms with van der Waals surface area (Å²) < 4.78 is 0. The number of piperidine rings is 1. The number of halogens is 1. The molecule has 1 saturated carbocycles. The third-order valence-corrected chi connectivity index (χ3v) is 5.45. The van der Waals surface area contributed by atoms with Crippen LogP contribution in [0.4, 0.5) is 5.82 Å². The Hall–Kier alpha value is -1.66. The number of aromatic nitrogens is 1. The molecule has 142 valence electrons. The van der Waals surface area contributed by atoms with Crippen LogP contribution >= 0.6 is 11.6 Å². The first-order valence-corrected chi connectivity index (χ1v) is 9.92. The van der Waals surface area contributed by atoms with E-state index in [1.54, 1.807) is 12.1 Å². The molecule has 7 heteroatoms. The van der Waals surface area contributed by atoms with E-state index >= 15 is 0 Å². The van der Waals surface area contributed by atoms with Crippen LogP contribution in [0, 0.1) is 5.92 Å². The Labute approximate surface area is 159 Å². The summed E-state index contributed by atoms with van der Waals surface area (Å²) >= 11 is 5.82. The van der Waals surface area contributed by atoms with Crippen LogP contribution in [0.5, 0.6) is 0 Å². The van der Waals surface area contributed by atoms with Crippen molar-refractivity contribution in [3.8, 4) is 0 Å². The van der Waals surface area contributed by atoms with Gasteiger partial charge in [0.25, 0.3) is 0 Å². The molecule has 1 atom stereocenters. The third kappa shape index (κ3) is 5.68. The van der Waals surface area contributed by atoms with Crippen molar-refractivity contribution in [3.05, 3.63) is 23.4 Å². The standard InChI is InChI=1S/C19H27ClN4O2/c20-15-7-8-17(21-12-15)23-19(26)14-4-3-10-24(13-14)11-9-18(25)22-16-5-1-2-6-16/h7-8,12,14,16H,1-6,9-11,13H2,(H,22,25)(H,21,23,26). The van der Waals surface area contributed by atoms with Gasteiger partial charge < -0.3 is 15.5 Å². The highest BCUT2D eigenvalue weighted by Crippen LogP contribution is 2.20. The second-order valence-corrected chi connectivity index (χ2v) is 7.73. The largest absolute Gasteiger partial charge is 0.353 e. The molecule has 2 amide bonds. The summed E-state index contributed by atoms with van der Waals surface area (Å²) in [5.74, 6) is 0.570. The molecule has 0 radical (unpaired) electrons. The number of carbonyl (C=O) groups excluding carboxylic acids is 2. The smallest absolute Gasteiger partial charge is 0.229 e. The molecular weight excluding hydrogens is 352 g/mol. The van der Waals surface area contributed by atoms with Crippen molar-refractivity contribution in [1.29, 1.82) is 0 Å². The predicted octanol–water partition coefficient (Wildman–Crippen LogP) is 2.83. The number of likely N-dealkylation sites (tertiary alicyclic amines) is 1. The average molecular weight is 379 g/mol. The second-order valence-electron chi connectivity index (χ2n) is 7.29. The van der Waals surface area contributed by atoms with Gasteiger partial charge in [0.1, 0.15) is 5.82 Å². The fourth-order valence-corrected chi connectivity index (χ4v) is 3.89. The van der Waals surface area contributed by atoms with Gasteiger partial charge in [-0.1, -0.05) is 24.4 Å². The van der Waals surface area contributed by atoms with E-state index in [1.165, 1.54) is 19.0 Å². The number of pyridine rings is 1. The maximum atomic E-state index is 12.5. The minimum Gasteiger partial charge on any atom is -0.353 e. The maximum Gasteiger partial charge on any atom is 0.229 e. The normalized spacial score (nSPS) is 21.5. The predicted molar refractivity (Wildman–Crippen MR) is 102 cm³/mol. The molecule has 1 aliphatic carbocycles. The molecule has 1 aliphatic heterocycles. The maximum absolute atomic E-state index is 12.5. The summed E-state index contributed by atoms with van der Waals surface area (Å²) in [4.78, 5) is 30.9. The van der Waals surface area contributed by atoms with Crippen LogP contribution in [0.3, 0.4) is 0 Å². The minimum absolute atomic E-state index is 0.0140. The molecule has 1 aromatic heterocycles. The summed E-state index contributed by atoms with van der Waals surface area (Å²) in [5, 5.41) is 6.53. The molecular formula is C19H27ClN4O2. The highest BCUT2D eigenvalue weighted by atomic mass is 35.5. The van der Waals surface area contributed by atoms with Gasteiger partial charge in [0.15, 0.2) is 0 Å². The van der Waals surface area contributed by atoms with Crippen molar-refractivity contribution in [2.24, 2.45) is 5.92 Å². The van der Waals surface area contributed by atoms with E-state index in [-0.39, 0.29) is 17.7 Å². The van der Waals surface area contributed by atoms with Gasteiger partial charge in [-0.05, 0) is 44.4 Å². The molecule has 2 heterocycles. The van der Waals surface area contributed by atoms with Crippen molar-refractivity contribution >= 4 is 29.2 Å². The molecule has 6 nitrogen and oxygen atoms in total. The van der Waals surface area contributed by atoms with Gasteiger partial charge >= 0.3 is 0 Å². The van der Waals surface area contributed by atoms with Crippen LogP contribution in [0.1, 0.15) is 44.9 Å². The number of hydrogen-bond acceptors (Lipinski definition) is 4. The van der Waals surface area contributed by atoms with E-state index in [1.807, 2.05) is 0 Å². The molecule has 0 spiro atoms. The number of hydrogen-bond donors (Lipinski definition) is 2. The number of rotatable bonds is 6. The summed E-state index contributed by atoms with van der Waals surface area (Å²) in [6.07, 6.45) is 8.51. The van der Waals surface area contributed by atoms with Gasteiger partial charge in [-0.25, -0.2) is 4.98 Å². The van der Waals surface area contributed by atoms with Crippen molar-refractivity contribution in [2.45, 2.75) is 51.0 Å². The Morgan fingerprint density at radius 2 is 2.00 bits per heavy atom. The average Bonchev–Trinajstić information content (AvgIpc) is 3.15. The fourth-order valence-electron chi connectivity index (χ4n) is 3.78. The zero-order chi connectivity index (χ0) is 18.4. The van der Waals surface area contributed by atoms with Crippen molar-refractivity contribution in [2.75, 3.05) is 25.0 Å². The van der Waals surface area contributed by atoms with Gasteiger partial charge in [-0.2, -0.15) is 0 Å². The molecule has 0 aromatic carbocycles. The lowest BCUT2D eigenvalue weighted by Gasteiger charge is -2.31. The quantitative estimate of drug-likeness (QED) is 0.798. The molecule has 1 saturated heterocycles. The molecule has 26 heavy (non-hydrogen) atoms. The molecule has 2 fully saturated rings. The highest BCUT2D eigenvalue weighted by Gasteiger charge is 2.26. The van der Waals surface area contributed by atoms with Gasteiger partial charge in [-0.3, -0.25) is 9.59 Å². The van der Waals surface area contributed by atoms with E-state index in [0.29, 0.717) is 36.4 Å². The molecule has 3 rings (SSSR count). The Morgan fingerprint density at radius 1 is 1.19 bits per heavy atom. The van der Waals surface area contributed by atoms with Crippen LogP contribution in [-0.4, -0.2) is 47.4 Å². The van der Waals surface area contributed by atoms with Gasteiger partial charge in [0, 0.05) is 31.7 Å². The van der Waals surface area contributed by atoms with E-state index in [4.69, 9.17) is 11.6 Å². The van der Waals surface area contributed by atoms with E-state index in [9.17, 15) is 9.59 Å². The number of anilines is 1. The van der Waals surface area contributed by atoms with Crippen molar-refractivity contribution in [1.82, 2.24) is 15.2 Å². The zero-order valence-corrected chi connectivity index (χ0v) is 15.8. The van der Waals surface area contributed by atoms with Gasteiger partial charge in [0.2, 0.25) is 11.8 Å². The lowest BCUT2D eigenvalue weighted by Crippen LogP contribution is -2.42. The summed E-state index contributed by atoms with van der Waals surface area (Å²) in [7, 11) is 0. The molecule has 2 N–H and O–H groups in total. The lowest BCUT2D eigenvalue weighted by molar-refractivity contribution is -0.122. The number of nitrogens with one attached hydrogen (secondary N) is 2. The minimum atomic E-state index is -0.0703. The lowest BCUT2D eigenvalue weighted by atomic mass is 9.97. The zero-order valence-electron chi connectivity index (χ0n) is 15.0. The molecule has 1 aromatic rings. The van der Waals surface area contributed by atoms with Crippen molar-refractivity contribution in [3.63, 3.8) is 0 Å².